The van der Waals surface area contributed by atoms with Crippen molar-refractivity contribution in [1.29, 1.82) is 0 Å². The third-order valence-corrected chi connectivity index (χ3v) is 3.94. The van der Waals surface area contributed by atoms with E-state index in [0.717, 1.165) is 48.1 Å². The Hall–Kier alpha value is -2.30. The van der Waals surface area contributed by atoms with Gasteiger partial charge in [0, 0.05) is 36.2 Å². The molecule has 1 N–H and O–H groups in total. The van der Waals surface area contributed by atoms with Gasteiger partial charge in [-0.3, -0.25) is 0 Å². The second kappa shape index (κ2) is 5.60. The van der Waals surface area contributed by atoms with Gasteiger partial charge in [0.1, 0.15) is 5.82 Å². The molecule has 2 aliphatic heterocycles. The predicted octanol–water partition coefficient (Wildman–Crippen LogP) is 2.46. The molecule has 2 aliphatic rings. The summed E-state index contributed by atoms with van der Waals surface area (Å²) < 4.78 is 1.81. The predicted molar refractivity (Wildman–Crippen MR) is 86.5 cm³/mol. The summed E-state index contributed by atoms with van der Waals surface area (Å²) in [6.45, 7) is 12.9. The number of nitrogens with one attached hydrogen (secondary N) is 1. The van der Waals surface area contributed by atoms with Crippen LogP contribution in [0.1, 0.15) is 31.0 Å². The van der Waals surface area contributed by atoms with Crippen molar-refractivity contribution < 1.29 is 0 Å². The molecule has 0 bridgehead atoms. The van der Waals surface area contributed by atoms with Gasteiger partial charge >= 0.3 is 0 Å². The van der Waals surface area contributed by atoms with E-state index in [4.69, 9.17) is 0 Å². The summed E-state index contributed by atoms with van der Waals surface area (Å²) in [5, 5.41) is 7.74. The van der Waals surface area contributed by atoms with E-state index in [2.05, 4.69) is 33.5 Å². The quantitative estimate of drug-likeness (QED) is 0.863. The number of fused-ring (bicyclic) bond motifs is 1. The van der Waals surface area contributed by atoms with E-state index in [1.54, 1.807) is 0 Å². The molecule has 1 fully saturated rings. The van der Waals surface area contributed by atoms with Crippen molar-refractivity contribution in [2.75, 3.05) is 13.1 Å². The second-order valence-corrected chi connectivity index (χ2v) is 5.36. The summed E-state index contributed by atoms with van der Waals surface area (Å²) in [5.74, 6) is 0.803. The van der Waals surface area contributed by atoms with Crippen LogP contribution in [0.15, 0.2) is 36.1 Å². The zero-order valence-corrected chi connectivity index (χ0v) is 12.5. The number of hydrogen-bond acceptors (Lipinski definition) is 4. The average molecular weight is 283 g/mol. The van der Waals surface area contributed by atoms with Crippen LogP contribution in [0, 0.1) is 0 Å². The Kier molecular flexibility index (Phi) is 3.64. The summed E-state index contributed by atoms with van der Waals surface area (Å²) >= 11 is 0. The van der Waals surface area contributed by atoms with Crippen LogP contribution in [0.2, 0.25) is 0 Å². The molecule has 1 aromatic heterocycles. The molecule has 1 saturated heterocycles. The summed E-state index contributed by atoms with van der Waals surface area (Å²) in [7, 11) is 0. The Morgan fingerprint density at radius 3 is 2.86 bits per heavy atom. The Morgan fingerprint density at radius 2 is 2.19 bits per heavy atom. The van der Waals surface area contributed by atoms with Crippen LogP contribution in [0.25, 0.3) is 11.5 Å². The van der Waals surface area contributed by atoms with Crippen LogP contribution in [0.4, 0.5) is 0 Å². The highest BCUT2D eigenvalue weighted by Crippen LogP contribution is 2.23. The molecule has 5 nitrogen and oxygen atoms in total. The highest BCUT2D eigenvalue weighted by atomic mass is 15.3. The SMILES string of the molecule is C=C1NCc2nn(C(=C/C)/N=C\C(=C)N3CCCC3)cc21. The molecule has 0 amide bonds. The number of allylic oxidation sites excluding steroid dienone is 2. The molecular weight excluding hydrogens is 262 g/mol. The molecule has 3 rings (SSSR count). The third kappa shape index (κ3) is 2.63. The molecule has 21 heavy (non-hydrogen) atoms. The van der Waals surface area contributed by atoms with Gasteiger partial charge in [0.25, 0.3) is 0 Å². The summed E-state index contributed by atoms with van der Waals surface area (Å²) in [4.78, 5) is 6.81. The van der Waals surface area contributed by atoms with Gasteiger partial charge in [-0.15, -0.1) is 0 Å². The van der Waals surface area contributed by atoms with Gasteiger partial charge < -0.3 is 10.2 Å². The first-order valence-corrected chi connectivity index (χ1v) is 7.35. The molecule has 1 aromatic rings. The van der Waals surface area contributed by atoms with Crippen LogP contribution < -0.4 is 5.32 Å². The molecular formula is C16H21N5. The minimum absolute atomic E-state index is 0.738. The van der Waals surface area contributed by atoms with E-state index >= 15 is 0 Å². The maximum absolute atomic E-state index is 4.56. The average Bonchev–Trinajstić information content (AvgIpc) is 3.19. The van der Waals surface area contributed by atoms with Crippen molar-refractivity contribution in [2.24, 2.45) is 4.99 Å². The molecule has 0 saturated carbocycles. The van der Waals surface area contributed by atoms with Crippen molar-refractivity contribution in [3.05, 3.63) is 42.4 Å². The maximum Gasteiger partial charge on any atom is 0.149 e. The van der Waals surface area contributed by atoms with Crippen molar-refractivity contribution in [2.45, 2.75) is 26.3 Å². The fourth-order valence-corrected chi connectivity index (χ4v) is 2.69. The first-order valence-electron chi connectivity index (χ1n) is 7.35. The molecule has 0 unspecified atom stereocenters. The largest absolute Gasteiger partial charge is 0.379 e. The lowest BCUT2D eigenvalue weighted by molar-refractivity contribution is 0.452. The molecule has 0 radical (unpaired) electrons. The first-order chi connectivity index (χ1) is 10.2. The zero-order valence-electron chi connectivity index (χ0n) is 12.5. The zero-order chi connectivity index (χ0) is 14.8. The summed E-state index contributed by atoms with van der Waals surface area (Å²) in [6, 6.07) is 0. The molecule has 0 aromatic carbocycles. The van der Waals surface area contributed by atoms with Gasteiger partial charge in [0.15, 0.2) is 0 Å². The van der Waals surface area contributed by atoms with E-state index in [-0.39, 0.29) is 0 Å². The highest BCUT2D eigenvalue weighted by Gasteiger charge is 2.19. The van der Waals surface area contributed by atoms with Crippen LogP contribution >= 0.6 is 0 Å². The second-order valence-electron chi connectivity index (χ2n) is 5.36. The van der Waals surface area contributed by atoms with Gasteiger partial charge in [0.05, 0.1) is 18.5 Å². The lowest BCUT2D eigenvalue weighted by Gasteiger charge is -2.16. The fourth-order valence-electron chi connectivity index (χ4n) is 2.69. The Bertz CT molecular complexity index is 629. The number of hydrogen-bond donors (Lipinski definition) is 1. The minimum Gasteiger partial charge on any atom is -0.379 e. The monoisotopic (exact) mass is 283 g/mol. The number of likely N-dealkylation sites (tertiary alicyclic amines) is 1. The summed E-state index contributed by atoms with van der Waals surface area (Å²) in [6.07, 6.45) is 8.24. The Labute approximate surface area is 125 Å². The first kappa shape index (κ1) is 13.7. The van der Waals surface area contributed by atoms with Crippen molar-refractivity contribution in [1.82, 2.24) is 20.0 Å². The Balaban J connectivity index is 1.75. The lowest BCUT2D eigenvalue weighted by atomic mass is 10.3. The van der Waals surface area contributed by atoms with E-state index in [0.29, 0.717) is 0 Å². The van der Waals surface area contributed by atoms with E-state index in [1.165, 1.54) is 12.8 Å². The molecule has 0 spiro atoms. The van der Waals surface area contributed by atoms with Crippen LogP contribution in [-0.2, 0) is 6.54 Å². The van der Waals surface area contributed by atoms with Crippen LogP contribution in [0.5, 0.6) is 0 Å². The van der Waals surface area contributed by atoms with Crippen LogP contribution in [0.3, 0.4) is 0 Å². The number of aromatic nitrogens is 2. The Morgan fingerprint density at radius 1 is 1.43 bits per heavy atom. The smallest absolute Gasteiger partial charge is 0.149 e. The summed E-state index contributed by atoms with van der Waals surface area (Å²) in [5.41, 5.74) is 3.99. The normalized spacial score (nSPS) is 18.4. The minimum atomic E-state index is 0.738. The molecule has 110 valence electrons. The van der Waals surface area contributed by atoms with Gasteiger partial charge in [-0.2, -0.15) is 5.10 Å². The van der Waals surface area contributed by atoms with E-state index in [9.17, 15) is 0 Å². The highest BCUT2D eigenvalue weighted by molar-refractivity contribution is 5.80. The molecule has 0 atom stereocenters. The van der Waals surface area contributed by atoms with Crippen molar-refractivity contribution in [3.63, 3.8) is 0 Å². The lowest BCUT2D eigenvalue weighted by Crippen LogP contribution is -2.18. The van der Waals surface area contributed by atoms with Gasteiger partial charge in [0.2, 0.25) is 0 Å². The molecule has 3 heterocycles. The van der Waals surface area contributed by atoms with Gasteiger partial charge in [-0.25, -0.2) is 9.67 Å². The number of nitrogens with zero attached hydrogens (tertiary/aromatic N) is 4. The fraction of sp³-hybridized carbons (Fsp3) is 0.375. The van der Waals surface area contributed by atoms with Gasteiger partial charge in [-0.05, 0) is 25.8 Å². The maximum atomic E-state index is 4.56. The topological polar surface area (TPSA) is 45.5 Å². The van der Waals surface area contributed by atoms with Crippen LogP contribution in [-0.4, -0.2) is 34.0 Å². The van der Waals surface area contributed by atoms with Crippen molar-refractivity contribution in [3.8, 4) is 0 Å². The standard InChI is InChI=1S/C16H21N5/c1-4-16(18-9-12(2)20-7-5-6-8-20)21-11-14-13(3)17-10-15(14)19-21/h4,9,11,17H,2-3,5-8,10H2,1H3/b16-4+,18-9-. The third-order valence-electron chi connectivity index (χ3n) is 3.94. The molecule has 5 heteroatoms. The van der Waals surface area contributed by atoms with Gasteiger partial charge in [-0.1, -0.05) is 13.2 Å². The number of rotatable bonds is 4. The van der Waals surface area contributed by atoms with E-state index in [1.807, 2.05) is 30.1 Å². The van der Waals surface area contributed by atoms with E-state index < -0.39 is 0 Å². The van der Waals surface area contributed by atoms with Crippen molar-refractivity contribution >= 4 is 17.7 Å². The molecule has 0 aliphatic carbocycles. The number of aliphatic imine (C=N–C) groups is 1.